The van der Waals surface area contributed by atoms with E-state index in [1.165, 1.54) is 6.42 Å². The predicted octanol–water partition coefficient (Wildman–Crippen LogP) is 2.25. The van der Waals surface area contributed by atoms with Gasteiger partial charge in [0, 0.05) is 16.7 Å². The number of pyridine rings is 1. The summed E-state index contributed by atoms with van der Waals surface area (Å²) in [6, 6.07) is 2.43. The highest BCUT2D eigenvalue weighted by atomic mass is 79.9. The van der Waals surface area contributed by atoms with Crippen LogP contribution in [0.15, 0.2) is 16.7 Å². The van der Waals surface area contributed by atoms with Crippen molar-refractivity contribution in [2.24, 2.45) is 5.92 Å². The van der Waals surface area contributed by atoms with Crippen LogP contribution < -0.4 is 11.1 Å². The van der Waals surface area contributed by atoms with Gasteiger partial charge >= 0.3 is 0 Å². The van der Waals surface area contributed by atoms with Crippen molar-refractivity contribution in [3.8, 4) is 0 Å². The number of hydrogen-bond acceptors (Lipinski definition) is 3. The number of aromatic nitrogens is 1. The summed E-state index contributed by atoms with van der Waals surface area (Å²) in [5, 5.41) is 3.30. The van der Waals surface area contributed by atoms with E-state index in [-0.39, 0.29) is 0 Å². The fourth-order valence-electron chi connectivity index (χ4n) is 1.27. The lowest BCUT2D eigenvalue weighted by molar-refractivity contribution is 0.924. The van der Waals surface area contributed by atoms with Crippen LogP contribution in [0.3, 0.4) is 0 Å². The lowest BCUT2D eigenvalue weighted by Gasteiger charge is -2.06. The Morgan fingerprint density at radius 1 is 1.69 bits per heavy atom. The summed E-state index contributed by atoms with van der Waals surface area (Å²) < 4.78 is 0.916. The van der Waals surface area contributed by atoms with E-state index in [1.807, 2.05) is 6.07 Å². The summed E-state index contributed by atoms with van der Waals surface area (Å²) in [6.45, 7) is 2.21. The summed E-state index contributed by atoms with van der Waals surface area (Å²) in [4.78, 5) is 4.21. The van der Waals surface area contributed by atoms with Crippen molar-refractivity contribution in [3.63, 3.8) is 0 Å². The monoisotopic (exact) mass is 241 g/mol. The minimum atomic E-state index is 0.566. The van der Waals surface area contributed by atoms with Gasteiger partial charge in [-0.2, -0.15) is 0 Å². The Labute approximate surface area is 85.9 Å². The Morgan fingerprint density at radius 2 is 2.38 bits per heavy atom. The Bertz CT molecular complexity index is 327. The first-order valence-electron chi connectivity index (χ1n) is 4.34. The SMILES string of the molecule is CC1CC1Nc1ncc(Br)cc1N. The fourth-order valence-corrected chi connectivity index (χ4v) is 1.62. The Kier molecular flexibility index (Phi) is 2.15. The molecule has 2 unspecified atom stereocenters. The van der Waals surface area contributed by atoms with Crippen LogP contribution in [0.1, 0.15) is 13.3 Å². The van der Waals surface area contributed by atoms with Crippen LogP contribution >= 0.6 is 15.9 Å². The molecule has 0 aliphatic heterocycles. The molecular weight excluding hydrogens is 230 g/mol. The van der Waals surface area contributed by atoms with E-state index in [0.717, 1.165) is 16.2 Å². The molecule has 1 saturated carbocycles. The molecule has 1 fully saturated rings. The number of nitrogens with one attached hydrogen (secondary N) is 1. The van der Waals surface area contributed by atoms with Gasteiger partial charge in [0.05, 0.1) is 5.69 Å². The van der Waals surface area contributed by atoms with Crippen LogP contribution in [-0.4, -0.2) is 11.0 Å². The number of halogens is 1. The highest BCUT2D eigenvalue weighted by molar-refractivity contribution is 9.10. The molecule has 2 atom stereocenters. The van der Waals surface area contributed by atoms with Crippen LogP contribution in [-0.2, 0) is 0 Å². The van der Waals surface area contributed by atoms with Gasteiger partial charge in [0.25, 0.3) is 0 Å². The molecule has 3 N–H and O–H groups in total. The minimum absolute atomic E-state index is 0.566. The van der Waals surface area contributed by atoms with Gasteiger partial charge in [0.15, 0.2) is 0 Å². The zero-order chi connectivity index (χ0) is 9.42. The number of hydrogen-bond donors (Lipinski definition) is 2. The normalized spacial score (nSPS) is 25.7. The third-order valence-corrected chi connectivity index (χ3v) is 2.75. The molecule has 0 aromatic carbocycles. The number of nitrogen functional groups attached to an aromatic ring is 1. The van der Waals surface area contributed by atoms with E-state index in [2.05, 4.69) is 33.2 Å². The number of rotatable bonds is 2. The molecule has 1 aromatic rings. The number of nitrogens with two attached hydrogens (primary N) is 1. The highest BCUT2D eigenvalue weighted by Gasteiger charge is 2.32. The van der Waals surface area contributed by atoms with Crippen LogP contribution in [0.2, 0.25) is 0 Å². The van der Waals surface area contributed by atoms with Crippen LogP contribution in [0.4, 0.5) is 11.5 Å². The summed E-state index contributed by atoms with van der Waals surface area (Å²) in [6.07, 6.45) is 2.98. The maximum absolute atomic E-state index is 5.79. The van der Waals surface area contributed by atoms with Crippen molar-refractivity contribution in [2.75, 3.05) is 11.1 Å². The van der Waals surface area contributed by atoms with Crippen molar-refractivity contribution in [1.82, 2.24) is 4.98 Å². The second-order valence-electron chi connectivity index (χ2n) is 3.56. The van der Waals surface area contributed by atoms with Crippen molar-refractivity contribution >= 4 is 27.4 Å². The highest BCUT2D eigenvalue weighted by Crippen LogP contribution is 2.33. The van der Waals surface area contributed by atoms with Gasteiger partial charge in [0.1, 0.15) is 5.82 Å². The summed E-state index contributed by atoms with van der Waals surface area (Å²) in [7, 11) is 0. The average molecular weight is 242 g/mol. The first kappa shape index (κ1) is 8.81. The van der Waals surface area contributed by atoms with Gasteiger partial charge in [-0.1, -0.05) is 6.92 Å². The van der Waals surface area contributed by atoms with Gasteiger partial charge in [-0.3, -0.25) is 0 Å². The lowest BCUT2D eigenvalue weighted by atomic mass is 10.4. The third kappa shape index (κ3) is 1.94. The van der Waals surface area contributed by atoms with Gasteiger partial charge in [-0.05, 0) is 34.3 Å². The molecule has 4 heteroatoms. The average Bonchev–Trinajstić information content (AvgIpc) is 2.73. The number of nitrogens with zero attached hydrogens (tertiary/aromatic N) is 1. The third-order valence-electron chi connectivity index (χ3n) is 2.32. The Balaban J connectivity index is 2.11. The maximum atomic E-state index is 5.79. The standard InChI is InChI=1S/C9H12BrN3/c1-5-2-8(5)13-9-7(11)3-6(10)4-12-9/h3-5,8H,2,11H2,1H3,(H,12,13). The van der Waals surface area contributed by atoms with E-state index in [0.29, 0.717) is 11.7 Å². The zero-order valence-electron chi connectivity index (χ0n) is 7.42. The molecule has 1 aliphatic carbocycles. The Hall–Kier alpha value is -0.770. The molecule has 0 spiro atoms. The van der Waals surface area contributed by atoms with Crippen molar-refractivity contribution < 1.29 is 0 Å². The molecule has 3 nitrogen and oxygen atoms in total. The molecule has 13 heavy (non-hydrogen) atoms. The van der Waals surface area contributed by atoms with E-state index < -0.39 is 0 Å². The second-order valence-corrected chi connectivity index (χ2v) is 4.47. The second kappa shape index (κ2) is 3.18. The molecule has 0 saturated heterocycles. The summed E-state index contributed by atoms with van der Waals surface area (Å²) in [5.74, 6) is 1.56. The van der Waals surface area contributed by atoms with Crippen molar-refractivity contribution in [1.29, 1.82) is 0 Å². The molecule has 0 amide bonds. The molecule has 1 heterocycles. The fraction of sp³-hybridized carbons (Fsp3) is 0.444. The molecule has 70 valence electrons. The minimum Gasteiger partial charge on any atom is -0.396 e. The van der Waals surface area contributed by atoms with Gasteiger partial charge in [-0.25, -0.2) is 4.98 Å². The molecule has 0 radical (unpaired) electrons. The molecule has 2 rings (SSSR count). The first-order valence-corrected chi connectivity index (χ1v) is 5.13. The van der Waals surface area contributed by atoms with E-state index >= 15 is 0 Å². The van der Waals surface area contributed by atoms with Crippen molar-refractivity contribution in [3.05, 3.63) is 16.7 Å². The Morgan fingerprint density at radius 3 is 2.92 bits per heavy atom. The van der Waals surface area contributed by atoms with E-state index in [4.69, 9.17) is 5.73 Å². The maximum Gasteiger partial charge on any atom is 0.149 e. The summed E-state index contributed by atoms with van der Waals surface area (Å²) >= 11 is 3.32. The molecule has 1 aliphatic rings. The summed E-state index contributed by atoms with van der Waals surface area (Å²) in [5.41, 5.74) is 6.49. The smallest absolute Gasteiger partial charge is 0.149 e. The van der Waals surface area contributed by atoms with Crippen LogP contribution in [0.5, 0.6) is 0 Å². The van der Waals surface area contributed by atoms with E-state index in [9.17, 15) is 0 Å². The lowest BCUT2D eigenvalue weighted by Crippen LogP contribution is -2.07. The topological polar surface area (TPSA) is 50.9 Å². The molecule has 1 aromatic heterocycles. The largest absolute Gasteiger partial charge is 0.396 e. The molecular formula is C9H12BrN3. The first-order chi connectivity index (χ1) is 6.16. The quantitative estimate of drug-likeness (QED) is 0.836. The van der Waals surface area contributed by atoms with Crippen LogP contribution in [0.25, 0.3) is 0 Å². The van der Waals surface area contributed by atoms with Crippen LogP contribution in [0, 0.1) is 5.92 Å². The van der Waals surface area contributed by atoms with Gasteiger partial charge in [0.2, 0.25) is 0 Å². The van der Waals surface area contributed by atoms with Gasteiger partial charge < -0.3 is 11.1 Å². The molecule has 0 bridgehead atoms. The predicted molar refractivity (Wildman–Crippen MR) is 57.5 cm³/mol. The van der Waals surface area contributed by atoms with E-state index in [1.54, 1.807) is 6.20 Å². The van der Waals surface area contributed by atoms with Gasteiger partial charge in [-0.15, -0.1) is 0 Å². The van der Waals surface area contributed by atoms with Crippen molar-refractivity contribution in [2.45, 2.75) is 19.4 Å². The number of anilines is 2. The zero-order valence-corrected chi connectivity index (χ0v) is 9.01.